The molecule has 0 N–H and O–H groups in total. The van der Waals surface area contributed by atoms with E-state index < -0.39 is 0 Å². The lowest BCUT2D eigenvalue weighted by atomic mass is 10.1. The lowest BCUT2D eigenvalue weighted by Gasteiger charge is -2.00. The van der Waals surface area contributed by atoms with E-state index in [9.17, 15) is 0 Å². The molecule has 0 fully saturated rings. The minimum Gasteiger partial charge on any atom is -0.420 e. The second-order valence-corrected chi connectivity index (χ2v) is 4.12. The average Bonchev–Trinajstić information content (AvgIpc) is 2.78. The summed E-state index contributed by atoms with van der Waals surface area (Å²) < 4.78 is 5.64. The van der Waals surface area contributed by atoms with E-state index in [0.29, 0.717) is 11.8 Å². The van der Waals surface area contributed by atoms with Crippen molar-refractivity contribution in [1.29, 1.82) is 0 Å². The Morgan fingerprint density at radius 3 is 2.50 bits per heavy atom. The van der Waals surface area contributed by atoms with Crippen LogP contribution in [0.2, 0.25) is 0 Å². The Kier molecular flexibility index (Phi) is 3.04. The van der Waals surface area contributed by atoms with Gasteiger partial charge in [-0.2, -0.15) is 0 Å². The van der Waals surface area contributed by atoms with E-state index in [1.165, 1.54) is 5.56 Å². The number of hydrogen-bond donors (Lipinski definition) is 0. The molecule has 1 unspecified atom stereocenters. The first-order valence-electron chi connectivity index (χ1n) is 5.61. The van der Waals surface area contributed by atoms with Crippen LogP contribution in [0, 0.1) is 6.92 Å². The zero-order valence-corrected chi connectivity index (χ0v) is 9.90. The van der Waals surface area contributed by atoms with Gasteiger partial charge in [0.2, 0.25) is 11.8 Å². The minimum atomic E-state index is 0.326. The molecule has 3 nitrogen and oxygen atoms in total. The first-order chi connectivity index (χ1) is 7.70. The van der Waals surface area contributed by atoms with Crippen molar-refractivity contribution in [2.45, 2.75) is 33.1 Å². The lowest BCUT2D eigenvalue weighted by molar-refractivity contribution is 0.462. The van der Waals surface area contributed by atoms with Gasteiger partial charge in [0, 0.05) is 11.5 Å². The molecule has 2 rings (SSSR count). The van der Waals surface area contributed by atoms with Crippen molar-refractivity contribution in [1.82, 2.24) is 10.2 Å². The van der Waals surface area contributed by atoms with Crippen LogP contribution in [0.25, 0.3) is 11.5 Å². The molecule has 0 amide bonds. The van der Waals surface area contributed by atoms with Crippen LogP contribution in [0.15, 0.2) is 28.7 Å². The van der Waals surface area contributed by atoms with Crippen LogP contribution >= 0.6 is 0 Å². The molecule has 1 heterocycles. The van der Waals surface area contributed by atoms with Crippen LogP contribution in [-0.4, -0.2) is 10.2 Å². The van der Waals surface area contributed by atoms with Gasteiger partial charge < -0.3 is 4.42 Å². The predicted molar refractivity (Wildman–Crippen MR) is 63.2 cm³/mol. The summed E-state index contributed by atoms with van der Waals surface area (Å²) in [6.07, 6.45) is 1.01. The van der Waals surface area contributed by atoms with Crippen LogP contribution in [0.5, 0.6) is 0 Å². The molecule has 3 heteroatoms. The van der Waals surface area contributed by atoms with Crippen molar-refractivity contribution in [2.24, 2.45) is 0 Å². The standard InChI is InChI=1S/C13H16N2O/c1-4-10(3)12-14-15-13(16-12)11-7-5-9(2)6-8-11/h5-8,10H,4H2,1-3H3. The molecular formula is C13H16N2O. The van der Waals surface area contributed by atoms with Crippen molar-refractivity contribution >= 4 is 0 Å². The Balaban J connectivity index is 2.28. The zero-order chi connectivity index (χ0) is 11.5. The van der Waals surface area contributed by atoms with Crippen LogP contribution in [0.3, 0.4) is 0 Å². The van der Waals surface area contributed by atoms with Crippen LogP contribution in [0.1, 0.15) is 37.6 Å². The van der Waals surface area contributed by atoms with Crippen molar-refractivity contribution in [2.75, 3.05) is 0 Å². The molecule has 0 saturated heterocycles. The Labute approximate surface area is 95.5 Å². The monoisotopic (exact) mass is 216 g/mol. The number of hydrogen-bond acceptors (Lipinski definition) is 3. The summed E-state index contributed by atoms with van der Waals surface area (Å²) in [7, 11) is 0. The van der Waals surface area contributed by atoms with Gasteiger partial charge in [-0.25, -0.2) is 0 Å². The molecule has 0 radical (unpaired) electrons. The van der Waals surface area contributed by atoms with E-state index in [1.807, 2.05) is 24.3 Å². The van der Waals surface area contributed by atoms with E-state index in [1.54, 1.807) is 0 Å². The summed E-state index contributed by atoms with van der Waals surface area (Å²) in [4.78, 5) is 0. The highest BCUT2D eigenvalue weighted by molar-refractivity contribution is 5.52. The van der Waals surface area contributed by atoms with Gasteiger partial charge in [0.05, 0.1) is 0 Å². The van der Waals surface area contributed by atoms with E-state index >= 15 is 0 Å². The Hall–Kier alpha value is -1.64. The zero-order valence-electron chi connectivity index (χ0n) is 9.90. The maximum atomic E-state index is 5.64. The van der Waals surface area contributed by atoms with E-state index in [2.05, 4.69) is 31.0 Å². The van der Waals surface area contributed by atoms with Gasteiger partial charge in [-0.1, -0.05) is 31.5 Å². The van der Waals surface area contributed by atoms with Crippen molar-refractivity contribution < 1.29 is 4.42 Å². The normalized spacial score (nSPS) is 12.7. The van der Waals surface area contributed by atoms with Crippen molar-refractivity contribution in [3.63, 3.8) is 0 Å². The fourth-order valence-electron chi connectivity index (χ4n) is 1.42. The van der Waals surface area contributed by atoms with Crippen LogP contribution in [-0.2, 0) is 0 Å². The molecule has 84 valence electrons. The number of benzene rings is 1. The molecule has 1 atom stereocenters. The average molecular weight is 216 g/mol. The highest BCUT2D eigenvalue weighted by atomic mass is 16.4. The number of aryl methyl sites for hydroxylation is 1. The summed E-state index contributed by atoms with van der Waals surface area (Å²) in [5.41, 5.74) is 2.21. The summed E-state index contributed by atoms with van der Waals surface area (Å²) in [5, 5.41) is 8.14. The molecule has 2 aromatic rings. The molecular weight excluding hydrogens is 200 g/mol. The van der Waals surface area contributed by atoms with Crippen molar-refractivity contribution in [3.8, 4) is 11.5 Å². The van der Waals surface area contributed by atoms with E-state index in [0.717, 1.165) is 17.9 Å². The number of rotatable bonds is 3. The Morgan fingerprint density at radius 2 is 1.88 bits per heavy atom. The lowest BCUT2D eigenvalue weighted by Crippen LogP contribution is -1.90. The molecule has 0 aliphatic heterocycles. The summed E-state index contributed by atoms with van der Waals surface area (Å²) in [6, 6.07) is 8.09. The fourth-order valence-corrected chi connectivity index (χ4v) is 1.42. The summed E-state index contributed by atoms with van der Waals surface area (Å²) in [6.45, 7) is 6.26. The van der Waals surface area contributed by atoms with Crippen molar-refractivity contribution in [3.05, 3.63) is 35.7 Å². The van der Waals surface area contributed by atoms with Crippen LogP contribution in [0.4, 0.5) is 0 Å². The highest BCUT2D eigenvalue weighted by Gasteiger charge is 2.12. The van der Waals surface area contributed by atoms with Gasteiger partial charge in [0.1, 0.15) is 0 Å². The first-order valence-corrected chi connectivity index (χ1v) is 5.61. The second kappa shape index (κ2) is 4.47. The topological polar surface area (TPSA) is 38.9 Å². The quantitative estimate of drug-likeness (QED) is 0.787. The fraction of sp³-hybridized carbons (Fsp3) is 0.385. The van der Waals surface area contributed by atoms with Gasteiger partial charge in [0.15, 0.2) is 0 Å². The number of nitrogens with zero attached hydrogens (tertiary/aromatic N) is 2. The maximum absolute atomic E-state index is 5.64. The van der Waals surface area contributed by atoms with E-state index in [4.69, 9.17) is 4.42 Å². The van der Waals surface area contributed by atoms with Crippen LogP contribution < -0.4 is 0 Å². The first kappa shape index (κ1) is 10.9. The summed E-state index contributed by atoms with van der Waals surface area (Å²) >= 11 is 0. The third-order valence-electron chi connectivity index (χ3n) is 2.77. The van der Waals surface area contributed by atoms with Gasteiger partial charge in [-0.3, -0.25) is 0 Å². The molecule has 1 aromatic carbocycles. The van der Waals surface area contributed by atoms with Gasteiger partial charge >= 0.3 is 0 Å². The number of aromatic nitrogens is 2. The molecule has 0 bridgehead atoms. The molecule has 0 saturated carbocycles. The highest BCUT2D eigenvalue weighted by Crippen LogP contribution is 2.23. The Morgan fingerprint density at radius 1 is 1.19 bits per heavy atom. The molecule has 1 aromatic heterocycles. The Bertz CT molecular complexity index is 459. The third kappa shape index (κ3) is 2.13. The molecule has 16 heavy (non-hydrogen) atoms. The van der Waals surface area contributed by atoms with Gasteiger partial charge in [-0.15, -0.1) is 10.2 Å². The second-order valence-electron chi connectivity index (χ2n) is 4.12. The van der Waals surface area contributed by atoms with Gasteiger partial charge in [-0.05, 0) is 25.5 Å². The molecule has 0 aliphatic carbocycles. The molecule has 0 spiro atoms. The largest absolute Gasteiger partial charge is 0.420 e. The maximum Gasteiger partial charge on any atom is 0.247 e. The molecule has 0 aliphatic rings. The van der Waals surface area contributed by atoms with Gasteiger partial charge in [0.25, 0.3) is 0 Å². The minimum absolute atomic E-state index is 0.326. The predicted octanol–water partition coefficient (Wildman–Crippen LogP) is 3.56. The third-order valence-corrected chi connectivity index (χ3v) is 2.77. The smallest absolute Gasteiger partial charge is 0.247 e. The van der Waals surface area contributed by atoms with E-state index in [-0.39, 0.29) is 0 Å². The SMILES string of the molecule is CCC(C)c1nnc(-c2ccc(C)cc2)o1. The summed E-state index contributed by atoms with van der Waals surface area (Å²) in [5.74, 6) is 1.65.